The van der Waals surface area contributed by atoms with Crippen LogP contribution in [0.1, 0.15) is 43.9 Å². The van der Waals surface area contributed by atoms with Crippen LogP contribution in [-0.4, -0.2) is 40.3 Å². The van der Waals surface area contributed by atoms with E-state index < -0.39 is 0 Å². The van der Waals surface area contributed by atoms with Crippen LogP contribution in [-0.2, 0) is 19.4 Å². The third-order valence-corrected chi connectivity index (χ3v) is 6.39. The van der Waals surface area contributed by atoms with Gasteiger partial charge in [-0.1, -0.05) is 30.7 Å². The molecule has 1 aromatic carbocycles. The predicted molar refractivity (Wildman–Crippen MR) is 104 cm³/mol. The van der Waals surface area contributed by atoms with Crippen LogP contribution in [0, 0.1) is 5.92 Å². The van der Waals surface area contributed by atoms with Crippen molar-refractivity contribution in [3.05, 3.63) is 34.5 Å². The fourth-order valence-corrected chi connectivity index (χ4v) is 4.93. The fourth-order valence-electron chi connectivity index (χ4n) is 4.66. The average Bonchev–Trinajstić information content (AvgIpc) is 2.93. The Balaban J connectivity index is 1.58. The van der Waals surface area contributed by atoms with Crippen LogP contribution in [0.4, 0.5) is 0 Å². The summed E-state index contributed by atoms with van der Waals surface area (Å²) in [5.74, 6) is 0.826. The van der Waals surface area contributed by atoms with Crippen molar-refractivity contribution in [2.75, 3.05) is 19.6 Å². The number of benzene rings is 1. The van der Waals surface area contributed by atoms with Gasteiger partial charge in [-0.15, -0.1) is 0 Å². The lowest BCUT2D eigenvalue weighted by molar-refractivity contribution is 0.0804. The summed E-state index contributed by atoms with van der Waals surface area (Å²) in [7, 11) is 0. The van der Waals surface area contributed by atoms with E-state index in [1.54, 1.807) is 0 Å². The number of aliphatic hydroxyl groups excluding tert-OH is 1. The van der Waals surface area contributed by atoms with Gasteiger partial charge in [0.15, 0.2) is 0 Å². The summed E-state index contributed by atoms with van der Waals surface area (Å²) in [4.78, 5) is 2.42. The zero-order valence-electron chi connectivity index (χ0n) is 15.2. The molecule has 0 saturated carbocycles. The van der Waals surface area contributed by atoms with Crippen LogP contribution in [0.25, 0.3) is 10.9 Å². The summed E-state index contributed by atoms with van der Waals surface area (Å²) < 4.78 is 2.32. The first-order chi connectivity index (χ1) is 12.1. The Hall–Kier alpha value is -1.03. The van der Waals surface area contributed by atoms with Gasteiger partial charge in [0, 0.05) is 17.6 Å². The molecule has 25 heavy (non-hydrogen) atoms. The largest absolute Gasteiger partial charge is 0.390 e. The number of hydrogen-bond donors (Lipinski definition) is 1. The third-order valence-electron chi connectivity index (χ3n) is 6.08. The number of aromatic nitrogens is 1. The first-order valence-corrected chi connectivity index (χ1v) is 10.2. The second kappa shape index (κ2) is 7.30. The van der Waals surface area contributed by atoms with E-state index in [0.717, 1.165) is 48.9 Å². The first kappa shape index (κ1) is 17.4. The molecule has 0 radical (unpaired) electrons. The number of para-hydroxylation sites is 1. The highest BCUT2D eigenvalue weighted by Crippen LogP contribution is 2.35. The number of nitrogens with zero attached hydrogens (tertiary/aromatic N) is 2. The summed E-state index contributed by atoms with van der Waals surface area (Å²) in [5, 5.41) is 12.9. The molecule has 1 saturated heterocycles. The van der Waals surface area contributed by atoms with Crippen molar-refractivity contribution < 1.29 is 5.11 Å². The van der Waals surface area contributed by atoms with E-state index in [1.807, 2.05) is 6.07 Å². The molecular formula is C21H29ClN2O. The van der Waals surface area contributed by atoms with Gasteiger partial charge >= 0.3 is 0 Å². The standard InChI is InChI=1S/C21H29ClN2O/c1-15-9-11-23(12-10-15)13-16(25)14-24-20-8-3-2-5-17(20)18-6-4-7-19(22)21(18)24/h4,6-7,15-16,25H,2-3,5,8-14H2,1H3/t16-/m1/s1. The molecule has 2 aromatic rings. The van der Waals surface area contributed by atoms with Gasteiger partial charge in [-0.3, -0.25) is 0 Å². The van der Waals surface area contributed by atoms with Crippen molar-refractivity contribution in [1.29, 1.82) is 0 Å². The molecule has 1 aliphatic carbocycles. The molecule has 1 fully saturated rings. The normalized spacial score (nSPS) is 20.8. The number of hydrogen-bond acceptors (Lipinski definition) is 2. The van der Waals surface area contributed by atoms with Crippen molar-refractivity contribution in [3.8, 4) is 0 Å². The molecule has 1 atom stereocenters. The fraction of sp³-hybridized carbons (Fsp3) is 0.619. The van der Waals surface area contributed by atoms with E-state index in [2.05, 4.69) is 28.5 Å². The van der Waals surface area contributed by atoms with Crippen LogP contribution in [0.2, 0.25) is 5.02 Å². The van der Waals surface area contributed by atoms with E-state index in [1.165, 1.54) is 42.3 Å². The Morgan fingerprint density at radius 1 is 1.16 bits per heavy atom. The maximum Gasteiger partial charge on any atom is 0.0845 e. The molecule has 2 aliphatic rings. The minimum atomic E-state index is -0.341. The number of piperidine rings is 1. The van der Waals surface area contributed by atoms with Crippen LogP contribution in [0.3, 0.4) is 0 Å². The molecule has 4 rings (SSSR count). The van der Waals surface area contributed by atoms with Crippen LogP contribution >= 0.6 is 11.6 Å². The molecule has 2 heterocycles. The Labute approximate surface area is 155 Å². The Bertz CT molecular complexity index is 746. The minimum absolute atomic E-state index is 0.341. The van der Waals surface area contributed by atoms with E-state index in [-0.39, 0.29) is 6.10 Å². The number of aryl methyl sites for hydroxylation is 1. The minimum Gasteiger partial charge on any atom is -0.390 e. The Morgan fingerprint density at radius 2 is 1.92 bits per heavy atom. The molecule has 0 bridgehead atoms. The highest BCUT2D eigenvalue weighted by Gasteiger charge is 2.24. The molecular weight excluding hydrogens is 332 g/mol. The molecule has 1 N–H and O–H groups in total. The monoisotopic (exact) mass is 360 g/mol. The molecule has 1 aliphatic heterocycles. The molecule has 0 unspecified atom stereocenters. The van der Waals surface area contributed by atoms with Gasteiger partial charge < -0.3 is 14.6 Å². The number of rotatable bonds is 4. The summed E-state index contributed by atoms with van der Waals surface area (Å²) >= 11 is 6.56. The van der Waals surface area contributed by atoms with Crippen molar-refractivity contribution in [2.24, 2.45) is 5.92 Å². The lowest BCUT2D eigenvalue weighted by Gasteiger charge is -2.32. The molecule has 4 heteroatoms. The van der Waals surface area contributed by atoms with Gasteiger partial charge in [0.2, 0.25) is 0 Å². The van der Waals surface area contributed by atoms with Crippen LogP contribution in [0.15, 0.2) is 18.2 Å². The van der Waals surface area contributed by atoms with Crippen molar-refractivity contribution in [2.45, 2.75) is 58.1 Å². The van der Waals surface area contributed by atoms with Crippen LogP contribution in [0.5, 0.6) is 0 Å². The molecule has 0 spiro atoms. The molecule has 1 aromatic heterocycles. The lowest BCUT2D eigenvalue weighted by atomic mass is 9.95. The van der Waals surface area contributed by atoms with Gasteiger partial charge in [0.1, 0.15) is 0 Å². The summed E-state index contributed by atoms with van der Waals surface area (Å²) in [5.41, 5.74) is 3.99. The van der Waals surface area contributed by atoms with E-state index in [4.69, 9.17) is 11.6 Å². The van der Waals surface area contributed by atoms with Crippen molar-refractivity contribution >= 4 is 22.5 Å². The molecule has 136 valence electrons. The third kappa shape index (κ3) is 3.47. The zero-order valence-corrected chi connectivity index (χ0v) is 15.9. The highest BCUT2D eigenvalue weighted by atomic mass is 35.5. The number of fused-ring (bicyclic) bond motifs is 3. The Morgan fingerprint density at radius 3 is 2.72 bits per heavy atom. The lowest BCUT2D eigenvalue weighted by Crippen LogP contribution is -2.39. The highest BCUT2D eigenvalue weighted by molar-refractivity contribution is 6.35. The molecule has 0 amide bonds. The van der Waals surface area contributed by atoms with Crippen molar-refractivity contribution in [1.82, 2.24) is 9.47 Å². The topological polar surface area (TPSA) is 28.4 Å². The maximum absolute atomic E-state index is 10.8. The quantitative estimate of drug-likeness (QED) is 0.882. The maximum atomic E-state index is 10.8. The predicted octanol–water partition coefficient (Wildman–Crippen LogP) is 4.27. The van der Waals surface area contributed by atoms with Gasteiger partial charge in [-0.05, 0) is 69.2 Å². The number of likely N-dealkylation sites (tertiary alicyclic amines) is 1. The summed E-state index contributed by atoms with van der Waals surface area (Å²) in [6, 6.07) is 6.22. The Kier molecular flexibility index (Phi) is 5.08. The van der Waals surface area contributed by atoms with E-state index in [0.29, 0.717) is 6.54 Å². The summed E-state index contributed by atoms with van der Waals surface area (Å²) in [6.07, 6.45) is 6.90. The second-order valence-corrected chi connectivity index (χ2v) is 8.42. The number of halogens is 1. The summed E-state index contributed by atoms with van der Waals surface area (Å²) in [6.45, 7) is 5.98. The van der Waals surface area contributed by atoms with Gasteiger partial charge in [-0.25, -0.2) is 0 Å². The van der Waals surface area contributed by atoms with E-state index >= 15 is 0 Å². The van der Waals surface area contributed by atoms with Crippen molar-refractivity contribution in [3.63, 3.8) is 0 Å². The molecule has 3 nitrogen and oxygen atoms in total. The number of β-amino-alcohol motifs (C(OH)–C–C–N with tert-alkyl or cyclic N) is 1. The first-order valence-electron chi connectivity index (χ1n) is 9.82. The van der Waals surface area contributed by atoms with Gasteiger partial charge in [0.25, 0.3) is 0 Å². The number of aliphatic hydroxyl groups is 1. The van der Waals surface area contributed by atoms with E-state index in [9.17, 15) is 5.11 Å². The SMILES string of the molecule is CC1CCN(C[C@@H](O)Cn2c3c(c4cccc(Cl)c42)CCCC3)CC1. The smallest absolute Gasteiger partial charge is 0.0845 e. The average molecular weight is 361 g/mol. The zero-order chi connectivity index (χ0) is 17.4. The van der Waals surface area contributed by atoms with Gasteiger partial charge in [-0.2, -0.15) is 0 Å². The second-order valence-electron chi connectivity index (χ2n) is 8.02. The van der Waals surface area contributed by atoms with Gasteiger partial charge in [0.05, 0.1) is 23.2 Å². The van der Waals surface area contributed by atoms with Crippen LogP contribution < -0.4 is 0 Å².